The Bertz CT molecular complexity index is 791. The average molecular weight is 359 g/mol. The molecule has 0 spiro atoms. The van der Waals surface area contributed by atoms with E-state index in [1.165, 1.54) is 0 Å². The lowest BCUT2D eigenvalue weighted by molar-refractivity contribution is -0.135. The van der Waals surface area contributed by atoms with E-state index in [0.29, 0.717) is 18.5 Å². The van der Waals surface area contributed by atoms with Gasteiger partial charge in [0.05, 0.1) is 5.69 Å². The van der Waals surface area contributed by atoms with Crippen LogP contribution in [0.15, 0.2) is 35.1 Å². The largest absolute Gasteiger partial charge is 0.493 e. The van der Waals surface area contributed by atoms with Gasteiger partial charge in [0, 0.05) is 0 Å². The van der Waals surface area contributed by atoms with Crippen molar-refractivity contribution in [2.24, 2.45) is 5.92 Å². The lowest BCUT2D eigenvalue weighted by atomic mass is 9.83. The molecule has 1 aliphatic rings. The van der Waals surface area contributed by atoms with E-state index in [4.69, 9.17) is 5.21 Å². The highest BCUT2D eigenvalue weighted by atomic mass is 16.5. The van der Waals surface area contributed by atoms with Crippen LogP contribution in [0.5, 0.6) is 5.88 Å². The number of aryl methyl sites for hydroxylation is 2. The van der Waals surface area contributed by atoms with Crippen molar-refractivity contribution >= 4 is 5.91 Å². The molecular formula is C19H25N3O4. The topological polar surface area (TPSA) is 107 Å². The van der Waals surface area contributed by atoms with E-state index in [9.17, 15) is 14.7 Å². The Balaban J connectivity index is 1.86. The summed E-state index contributed by atoms with van der Waals surface area (Å²) < 4.78 is 1.10. The number of aromatic hydroxyl groups is 1. The van der Waals surface area contributed by atoms with Crippen molar-refractivity contribution in [1.82, 2.24) is 15.0 Å². The molecule has 3 rings (SSSR count). The molecule has 1 aliphatic carbocycles. The van der Waals surface area contributed by atoms with Crippen LogP contribution in [-0.4, -0.2) is 25.8 Å². The Morgan fingerprint density at radius 1 is 1.19 bits per heavy atom. The number of H-pyrrole nitrogens is 1. The third-order valence-electron chi connectivity index (χ3n) is 5.23. The molecule has 0 unspecified atom stereocenters. The fraction of sp³-hybridized carbons (Fsp3) is 0.474. The highest BCUT2D eigenvalue weighted by Crippen LogP contribution is 2.35. The first kappa shape index (κ1) is 18.3. The minimum Gasteiger partial charge on any atom is -0.493 e. The lowest BCUT2D eigenvalue weighted by Crippen LogP contribution is -2.39. The molecule has 1 saturated carbocycles. The third kappa shape index (κ3) is 3.83. The molecule has 0 saturated heterocycles. The van der Waals surface area contributed by atoms with E-state index in [-0.39, 0.29) is 11.8 Å². The van der Waals surface area contributed by atoms with Gasteiger partial charge in [-0.05, 0) is 37.2 Å². The van der Waals surface area contributed by atoms with Crippen LogP contribution in [-0.2, 0) is 17.6 Å². The van der Waals surface area contributed by atoms with Crippen molar-refractivity contribution in [2.75, 3.05) is 0 Å². The molecule has 1 aromatic carbocycles. The van der Waals surface area contributed by atoms with Crippen LogP contribution in [0.4, 0.5) is 0 Å². The van der Waals surface area contributed by atoms with Crippen molar-refractivity contribution in [1.29, 1.82) is 0 Å². The van der Waals surface area contributed by atoms with Gasteiger partial charge in [-0.25, -0.2) is 10.3 Å². The second-order valence-electron chi connectivity index (χ2n) is 6.91. The van der Waals surface area contributed by atoms with E-state index < -0.39 is 17.6 Å². The monoisotopic (exact) mass is 359 g/mol. The van der Waals surface area contributed by atoms with Crippen molar-refractivity contribution in [3.05, 3.63) is 52.1 Å². The molecule has 4 N–H and O–H groups in total. The molecular weight excluding hydrogens is 334 g/mol. The number of carbonyl (C=O) groups excluding carboxylic acids is 1. The van der Waals surface area contributed by atoms with Gasteiger partial charge in [0.1, 0.15) is 6.04 Å². The first-order chi connectivity index (χ1) is 12.6. The number of carbonyl (C=O) groups is 1. The normalized spacial score (nSPS) is 16.3. The number of amides is 1. The summed E-state index contributed by atoms with van der Waals surface area (Å²) in [6, 6.07) is 8.87. The maximum Gasteiger partial charge on any atom is 0.329 e. The van der Waals surface area contributed by atoms with Gasteiger partial charge < -0.3 is 10.1 Å². The number of aromatic nitrogens is 2. The molecule has 2 aromatic rings. The summed E-state index contributed by atoms with van der Waals surface area (Å²) in [5, 5.41) is 19.7. The summed E-state index contributed by atoms with van der Waals surface area (Å²) in [7, 11) is 0. The van der Waals surface area contributed by atoms with Crippen LogP contribution in [0.2, 0.25) is 0 Å². The average Bonchev–Trinajstić information content (AvgIpc) is 2.96. The molecule has 0 radical (unpaired) electrons. The minimum atomic E-state index is -0.908. The maximum absolute atomic E-state index is 12.5. The molecule has 0 aliphatic heterocycles. The number of nitrogens with one attached hydrogen (secondary N) is 2. The van der Waals surface area contributed by atoms with Crippen molar-refractivity contribution in [3.63, 3.8) is 0 Å². The van der Waals surface area contributed by atoms with Crippen molar-refractivity contribution < 1.29 is 15.1 Å². The van der Waals surface area contributed by atoms with Gasteiger partial charge in [0.25, 0.3) is 5.91 Å². The number of rotatable bonds is 6. The van der Waals surface area contributed by atoms with Crippen LogP contribution < -0.4 is 11.2 Å². The predicted molar refractivity (Wildman–Crippen MR) is 96.1 cm³/mol. The summed E-state index contributed by atoms with van der Waals surface area (Å²) in [5.41, 5.74) is 2.64. The molecule has 1 heterocycles. The molecule has 1 amide bonds. The Morgan fingerprint density at radius 2 is 1.88 bits per heavy atom. The minimum absolute atomic E-state index is 0.0859. The van der Waals surface area contributed by atoms with E-state index in [0.717, 1.165) is 42.2 Å². The van der Waals surface area contributed by atoms with Gasteiger partial charge in [0.2, 0.25) is 5.88 Å². The van der Waals surface area contributed by atoms with Crippen LogP contribution in [0.3, 0.4) is 0 Å². The molecule has 1 fully saturated rings. The van der Waals surface area contributed by atoms with Crippen molar-refractivity contribution in [2.45, 2.75) is 51.0 Å². The van der Waals surface area contributed by atoms with E-state index >= 15 is 0 Å². The van der Waals surface area contributed by atoms with Gasteiger partial charge in [-0.1, -0.05) is 49.6 Å². The number of hydrogen-bond donors (Lipinski definition) is 4. The van der Waals surface area contributed by atoms with E-state index in [1.54, 1.807) is 5.48 Å². The Hall–Kier alpha value is -2.54. The zero-order valence-electron chi connectivity index (χ0n) is 14.6. The summed E-state index contributed by atoms with van der Waals surface area (Å²) in [6.07, 6.45) is 5.73. The Morgan fingerprint density at radius 3 is 2.54 bits per heavy atom. The second-order valence-corrected chi connectivity index (χ2v) is 6.91. The SMILES string of the molecule is O=C(NO)[C@@H](C1CCCCC1)n1c(O)c(CCc2ccccc2)[nH]c1=O. The predicted octanol–water partition coefficient (Wildman–Crippen LogP) is 2.29. The lowest BCUT2D eigenvalue weighted by Gasteiger charge is -2.29. The van der Waals surface area contributed by atoms with Gasteiger partial charge in [0.15, 0.2) is 0 Å². The summed E-state index contributed by atoms with van der Waals surface area (Å²) in [4.78, 5) is 27.4. The third-order valence-corrected chi connectivity index (χ3v) is 5.23. The molecule has 0 bridgehead atoms. The smallest absolute Gasteiger partial charge is 0.329 e. The number of imidazole rings is 1. The number of aromatic amines is 1. The summed E-state index contributed by atoms with van der Waals surface area (Å²) in [5.74, 6) is -0.967. The van der Waals surface area contributed by atoms with Gasteiger partial charge in [-0.2, -0.15) is 0 Å². The standard InChI is InChI=1S/C19H25N3O4/c23-17(21-26)16(14-9-5-2-6-10-14)22-18(24)15(20-19(22)25)12-11-13-7-3-1-4-8-13/h1,3-4,7-8,14,16,24,26H,2,5-6,9-12H2,(H,20,25)(H,21,23)/t16-/m1/s1. The highest BCUT2D eigenvalue weighted by Gasteiger charge is 2.34. The Kier molecular flexibility index (Phi) is 5.78. The number of benzene rings is 1. The molecule has 1 atom stereocenters. The number of nitrogens with zero attached hydrogens (tertiary/aromatic N) is 1. The summed E-state index contributed by atoms with van der Waals surface area (Å²) >= 11 is 0. The number of hydroxylamine groups is 1. The van der Waals surface area contributed by atoms with Crippen molar-refractivity contribution in [3.8, 4) is 5.88 Å². The molecule has 26 heavy (non-hydrogen) atoms. The zero-order chi connectivity index (χ0) is 18.5. The molecule has 140 valence electrons. The number of hydrogen-bond acceptors (Lipinski definition) is 4. The second kappa shape index (κ2) is 8.23. The quantitative estimate of drug-likeness (QED) is 0.469. The zero-order valence-corrected chi connectivity index (χ0v) is 14.6. The van der Waals surface area contributed by atoms with Crippen LogP contribution >= 0.6 is 0 Å². The summed E-state index contributed by atoms with van der Waals surface area (Å²) in [6.45, 7) is 0. The first-order valence-electron chi connectivity index (χ1n) is 9.12. The molecule has 7 nitrogen and oxygen atoms in total. The molecule has 1 aromatic heterocycles. The molecule has 7 heteroatoms. The highest BCUT2D eigenvalue weighted by molar-refractivity contribution is 5.79. The fourth-order valence-electron chi connectivity index (χ4n) is 3.89. The maximum atomic E-state index is 12.5. The van der Waals surface area contributed by atoms with Crippen LogP contribution in [0.1, 0.15) is 49.4 Å². The Labute approximate surface area is 151 Å². The van der Waals surface area contributed by atoms with Gasteiger partial charge in [-0.15, -0.1) is 0 Å². The first-order valence-corrected chi connectivity index (χ1v) is 9.12. The van der Waals surface area contributed by atoms with Gasteiger partial charge in [-0.3, -0.25) is 14.6 Å². The van der Waals surface area contributed by atoms with Crippen LogP contribution in [0, 0.1) is 5.92 Å². The van der Waals surface area contributed by atoms with E-state index in [1.807, 2.05) is 30.3 Å². The van der Waals surface area contributed by atoms with Crippen LogP contribution in [0.25, 0.3) is 0 Å². The van der Waals surface area contributed by atoms with Gasteiger partial charge >= 0.3 is 5.69 Å². The van der Waals surface area contributed by atoms with E-state index in [2.05, 4.69) is 4.98 Å². The fourth-order valence-corrected chi connectivity index (χ4v) is 3.89.